The molecule has 0 saturated heterocycles. The van der Waals surface area contributed by atoms with Crippen LogP contribution in [0.4, 0.5) is 0 Å². The third-order valence-electron chi connectivity index (χ3n) is 4.20. The van der Waals surface area contributed by atoms with Gasteiger partial charge in [0, 0.05) is 6.07 Å². The van der Waals surface area contributed by atoms with Crippen LogP contribution in [0.25, 0.3) is 0 Å². The molecule has 0 heterocycles. The molecular formula is C22H26O5. The molecule has 144 valence electrons. The SMILES string of the molecule is CCCCCCCCOc1ccc(C(=O)Oc2ccc(C=O)c(O)c2)cc1. The number of carbonyl (C=O) groups excluding carboxylic acids is 2. The first-order chi connectivity index (χ1) is 13.1. The molecule has 2 aromatic rings. The van der Waals surface area contributed by atoms with Crippen molar-refractivity contribution >= 4 is 12.3 Å². The van der Waals surface area contributed by atoms with Crippen LogP contribution in [-0.2, 0) is 0 Å². The summed E-state index contributed by atoms with van der Waals surface area (Å²) in [4.78, 5) is 22.9. The quantitative estimate of drug-likeness (QED) is 0.256. The van der Waals surface area contributed by atoms with Gasteiger partial charge in [0.05, 0.1) is 17.7 Å². The molecule has 5 nitrogen and oxygen atoms in total. The van der Waals surface area contributed by atoms with Gasteiger partial charge in [-0.05, 0) is 42.8 Å². The van der Waals surface area contributed by atoms with Crippen molar-refractivity contribution in [2.24, 2.45) is 0 Å². The van der Waals surface area contributed by atoms with Crippen LogP contribution in [0, 0.1) is 0 Å². The highest BCUT2D eigenvalue weighted by molar-refractivity contribution is 5.91. The molecule has 0 fully saturated rings. The van der Waals surface area contributed by atoms with Crippen molar-refractivity contribution in [1.29, 1.82) is 0 Å². The maximum absolute atomic E-state index is 12.2. The third-order valence-corrected chi connectivity index (χ3v) is 4.20. The van der Waals surface area contributed by atoms with Gasteiger partial charge in [-0.1, -0.05) is 39.0 Å². The minimum absolute atomic E-state index is 0.140. The Bertz CT molecular complexity index is 737. The number of hydrogen-bond donors (Lipinski definition) is 1. The zero-order chi connectivity index (χ0) is 19.5. The monoisotopic (exact) mass is 370 g/mol. The normalized spacial score (nSPS) is 10.4. The maximum Gasteiger partial charge on any atom is 0.343 e. The highest BCUT2D eigenvalue weighted by Crippen LogP contribution is 2.23. The Balaban J connectivity index is 1.79. The smallest absolute Gasteiger partial charge is 0.343 e. The average molecular weight is 370 g/mol. The topological polar surface area (TPSA) is 72.8 Å². The van der Waals surface area contributed by atoms with E-state index < -0.39 is 5.97 Å². The molecular weight excluding hydrogens is 344 g/mol. The molecule has 0 unspecified atom stereocenters. The number of phenols is 1. The number of ether oxygens (including phenoxy) is 2. The van der Waals surface area contributed by atoms with Crippen molar-refractivity contribution in [3.05, 3.63) is 53.6 Å². The predicted octanol–water partition coefficient (Wildman–Crippen LogP) is 5.16. The molecule has 27 heavy (non-hydrogen) atoms. The minimum Gasteiger partial charge on any atom is -0.507 e. The standard InChI is InChI=1S/C22H26O5/c1-2-3-4-5-6-7-14-26-19-11-8-17(9-12-19)22(25)27-20-13-10-18(16-23)21(24)15-20/h8-13,15-16,24H,2-7,14H2,1H3. The predicted molar refractivity (Wildman–Crippen MR) is 104 cm³/mol. The maximum atomic E-state index is 12.2. The molecule has 5 heteroatoms. The first kappa shape index (κ1) is 20.5. The van der Waals surface area contributed by atoms with Gasteiger partial charge in [-0.2, -0.15) is 0 Å². The number of carbonyl (C=O) groups is 2. The van der Waals surface area contributed by atoms with Crippen molar-refractivity contribution in [2.75, 3.05) is 6.61 Å². The molecule has 2 rings (SSSR count). The second kappa shape index (κ2) is 11.0. The molecule has 0 aromatic heterocycles. The van der Waals surface area contributed by atoms with Gasteiger partial charge in [-0.15, -0.1) is 0 Å². The van der Waals surface area contributed by atoms with E-state index in [0.717, 1.165) is 6.42 Å². The summed E-state index contributed by atoms with van der Waals surface area (Å²) in [5, 5.41) is 9.64. The Labute approximate surface area is 159 Å². The lowest BCUT2D eigenvalue weighted by Crippen LogP contribution is -2.08. The summed E-state index contributed by atoms with van der Waals surface area (Å²) in [6.07, 6.45) is 7.78. The van der Waals surface area contributed by atoms with Gasteiger partial charge in [0.15, 0.2) is 6.29 Å². The van der Waals surface area contributed by atoms with Crippen LogP contribution in [0.5, 0.6) is 17.2 Å². The first-order valence-electron chi connectivity index (χ1n) is 9.37. The number of aldehydes is 1. The van der Waals surface area contributed by atoms with E-state index in [1.54, 1.807) is 24.3 Å². The largest absolute Gasteiger partial charge is 0.507 e. The number of unbranched alkanes of at least 4 members (excludes halogenated alkanes) is 5. The van der Waals surface area contributed by atoms with Gasteiger partial charge in [-0.3, -0.25) is 4.79 Å². The number of hydrogen-bond acceptors (Lipinski definition) is 5. The molecule has 1 N–H and O–H groups in total. The van der Waals surface area contributed by atoms with Crippen LogP contribution in [0.3, 0.4) is 0 Å². The fraction of sp³-hybridized carbons (Fsp3) is 0.364. The molecule has 0 bridgehead atoms. The molecule has 0 aliphatic carbocycles. The van der Waals surface area contributed by atoms with Crippen LogP contribution in [0.15, 0.2) is 42.5 Å². The Hall–Kier alpha value is -2.82. The number of phenolic OH excluding ortho intramolecular Hbond substituents is 1. The molecule has 0 spiro atoms. The summed E-state index contributed by atoms with van der Waals surface area (Å²) in [6.45, 7) is 2.87. The summed E-state index contributed by atoms with van der Waals surface area (Å²) in [6, 6.07) is 10.8. The fourth-order valence-electron chi connectivity index (χ4n) is 2.61. The zero-order valence-corrected chi connectivity index (χ0v) is 15.6. The number of rotatable bonds is 11. The molecule has 0 aliphatic rings. The van der Waals surface area contributed by atoms with E-state index in [0.29, 0.717) is 24.2 Å². The Morgan fingerprint density at radius 2 is 1.63 bits per heavy atom. The Kier molecular flexibility index (Phi) is 8.36. The number of esters is 1. The van der Waals surface area contributed by atoms with Gasteiger partial charge in [-0.25, -0.2) is 4.79 Å². The zero-order valence-electron chi connectivity index (χ0n) is 15.6. The minimum atomic E-state index is -0.546. The molecule has 0 atom stereocenters. The van der Waals surface area contributed by atoms with E-state index in [1.807, 2.05) is 0 Å². The van der Waals surface area contributed by atoms with E-state index in [-0.39, 0.29) is 17.1 Å². The van der Waals surface area contributed by atoms with Crippen molar-refractivity contribution in [2.45, 2.75) is 45.4 Å². The van der Waals surface area contributed by atoms with E-state index in [9.17, 15) is 14.7 Å². The van der Waals surface area contributed by atoms with Crippen molar-refractivity contribution in [3.63, 3.8) is 0 Å². The lowest BCUT2D eigenvalue weighted by molar-refractivity contribution is 0.0734. The van der Waals surface area contributed by atoms with Gasteiger partial charge in [0.2, 0.25) is 0 Å². The van der Waals surface area contributed by atoms with Gasteiger partial charge >= 0.3 is 5.97 Å². The highest BCUT2D eigenvalue weighted by atomic mass is 16.5. The average Bonchev–Trinajstić information content (AvgIpc) is 2.68. The van der Waals surface area contributed by atoms with E-state index in [2.05, 4.69) is 6.92 Å². The summed E-state index contributed by atoms with van der Waals surface area (Å²) in [5.41, 5.74) is 0.516. The molecule has 0 amide bonds. The van der Waals surface area contributed by atoms with Crippen LogP contribution >= 0.6 is 0 Å². The van der Waals surface area contributed by atoms with Crippen LogP contribution in [-0.4, -0.2) is 24.0 Å². The lowest BCUT2D eigenvalue weighted by Gasteiger charge is -2.08. The van der Waals surface area contributed by atoms with E-state index in [4.69, 9.17) is 9.47 Å². The van der Waals surface area contributed by atoms with Crippen molar-refractivity contribution in [1.82, 2.24) is 0 Å². The number of aromatic hydroxyl groups is 1. The second-order valence-corrected chi connectivity index (χ2v) is 6.37. The Morgan fingerprint density at radius 3 is 2.30 bits per heavy atom. The van der Waals surface area contributed by atoms with E-state index >= 15 is 0 Å². The lowest BCUT2D eigenvalue weighted by atomic mass is 10.1. The number of benzene rings is 2. The van der Waals surface area contributed by atoms with Crippen molar-refractivity contribution in [3.8, 4) is 17.2 Å². The summed E-state index contributed by atoms with van der Waals surface area (Å²) in [5.74, 6) is 0.115. The second-order valence-electron chi connectivity index (χ2n) is 6.37. The van der Waals surface area contributed by atoms with Gasteiger partial charge in [0.1, 0.15) is 17.2 Å². The Morgan fingerprint density at radius 1 is 0.963 bits per heavy atom. The molecule has 0 aliphatic heterocycles. The van der Waals surface area contributed by atoms with Crippen LogP contribution in [0.2, 0.25) is 0 Å². The summed E-state index contributed by atoms with van der Waals surface area (Å²) >= 11 is 0. The highest BCUT2D eigenvalue weighted by Gasteiger charge is 2.10. The van der Waals surface area contributed by atoms with Crippen molar-refractivity contribution < 1.29 is 24.2 Å². The third kappa shape index (κ3) is 6.77. The van der Waals surface area contributed by atoms with Crippen LogP contribution < -0.4 is 9.47 Å². The van der Waals surface area contributed by atoms with Gasteiger partial charge in [0.25, 0.3) is 0 Å². The fourth-order valence-corrected chi connectivity index (χ4v) is 2.61. The molecule has 0 saturated carbocycles. The molecule has 0 radical (unpaired) electrons. The summed E-state index contributed by atoms with van der Waals surface area (Å²) < 4.78 is 10.9. The molecule has 2 aromatic carbocycles. The first-order valence-corrected chi connectivity index (χ1v) is 9.37. The summed E-state index contributed by atoms with van der Waals surface area (Å²) in [7, 11) is 0. The van der Waals surface area contributed by atoms with Gasteiger partial charge < -0.3 is 14.6 Å². The van der Waals surface area contributed by atoms with E-state index in [1.165, 1.54) is 50.3 Å². The van der Waals surface area contributed by atoms with Crippen LogP contribution in [0.1, 0.15) is 66.2 Å².